The molecule has 0 saturated carbocycles. The molecule has 0 atom stereocenters. The van der Waals surface area contributed by atoms with E-state index >= 15 is 0 Å². The van der Waals surface area contributed by atoms with Crippen LogP contribution in [0.5, 0.6) is 5.75 Å². The van der Waals surface area contributed by atoms with Gasteiger partial charge in [-0.25, -0.2) is 0 Å². The molecule has 31 heavy (non-hydrogen) atoms. The van der Waals surface area contributed by atoms with Crippen LogP contribution < -0.4 is 4.74 Å². The van der Waals surface area contributed by atoms with Gasteiger partial charge in [0, 0.05) is 24.1 Å². The molecule has 0 unspecified atom stereocenters. The third-order valence-corrected chi connectivity index (χ3v) is 4.69. The summed E-state index contributed by atoms with van der Waals surface area (Å²) in [5.41, 5.74) is 1.08. The van der Waals surface area contributed by atoms with Gasteiger partial charge in [-0.3, -0.25) is 14.4 Å². The number of rotatable bonds is 10. The Kier molecular flexibility index (Phi) is 8.79. The predicted octanol–water partition coefficient (Wildman–Crippen LogP) is 4.42. The number of Topliss-reactive ketones (excluding diaryl/α,β-unsaturated/α-hetero) is 1. The van der Waals surface area contributed by atoms with Crippen molar-refractivity contribution in [1.29, 1.82) is 0 Å². The molecule has 2 aromatic rings. The number of hydrogen-bond acceptors (Lipinski definition) is 5. The zero-order valence-electron chi connectivity index (χ0n) is 18.7. The van der Waals surface area contributed by atoms with Crippen molar-refractivity contribution in [3.8, 4) is 5.75 Å². The minimum atomic E-state index is -0.568. The molecule has 6 heteroatoms. The maximum absolute atomic E-state index is 12.7. The number of amides is 1. The van der Waals surface area contributed by atoms with E-state index in [9.17, 15) is 14.4 Å². The Bertz CT molecular complexity index is 869. The zero-order valence-corrected chi connectivity index (χ0v) is 18.7. The zero-order chi connectivity index (χ0) is 22.9. The standard InChI is InChI=1S/C25H31NO5/c1-5-30-21-13-11-20(12-14-21)22(27)15-16-24(29)31-18-23(28)26(25(2,3)4)17-19-9-7-6-8-10-19/h6-14H,5,15-18H2,1-4H3. The van der Waals surface area contributed by atoms with Crippen LogP contribution >= 0.6 is 0 Å². The van der Waals surface area contributed by atoms with Crippen LogP contribution in [0.2, 0.25) is 0 Å². The summed E-state index contributed by atoms with van der Waals surface area (Å²) in [5.74, 6) is -0.314. The van der Waals surface area contributed by atoms with Crippen LogP contribution in [0.15, 0.2) is 54.6 Å². The van der Waals surface area contributed by atoms with Crippen molar-refractivity contribution < 1.29 is 23.9 Å². The fourth-order valence-corrected chi connectivity index (χ4v) is 3.02. The second kappa shape index (κ2) is 11.3. The van der Waals surface area contributed by atoms with Gasteiger partial charge in [-0.15, -0.1) is 0 Å². The fraction of sp³-hybridized carbons (Fsp3) is 0.400. The van der Waals surface area contributed by atoms with E-state index in [1.165, 1.54) is 0 Å². The molecule has 0 fully saturated rings. The quantitative estimate of drug-likeness (QED) is 0.416. The minimum Gasteiger partial charge on any atom is -0.494 e. The number of esters is 1. The number of carbonyl (C=O) groups excluding carboxylic acids is 3. The van der Waals surface area contributed by atoms with Crippen LogP contribution in [0.25, 0.3) is 0 Å². The van der Waals surface area contributed by atoms with E-state index in [4.69, 9.17) is 9.47 Å². The first-order chi connectivity index (χ1) is 14.7. The second-order valence-electron chi connectivity index (χ2n) is 8.18. The molecule has 6 nitrogen and oxygen atoms in total. The predicted molar refractivity (Wildman–Crippen MR) is 119 cm³/mol. The monoisotopic (exact) mass is 425 g/mol. The SMILES string of the molecule is CCOc1ccc(C(=O)CCC(=O)OCC(=O)N(Cc2ccccc2)C(C)(C)C)cc1. The van der Waals surface area contributed by atoms with E-state index in [0.717, 1.165) is 5.56 Å². The third-order valence-electron chi connectivity index (χ3n) is 4.69. The molecular formula is C25H31NO5. The highest BCUT2D eigenvalue weighted by Crippen LogP contribution is 2.18. The highest BCUT2D eigenvalue weighted by atomic mass is 16.5. The van der Waals surface area contributed by atoms with Crippen LogP contribution in [0, 0.1) is 0 Å². The van der Waals surface area contributed by atoms with Crippen LogP contribution in [-0.2, 0) is 20.9 Å². The van der Waals surface area contributed by atoms with Gasteiger partial charge >= 0.3 is 5.97 Å². The molecule has 0 saturated heterocycles. The summed E-state index contributed by atoms with van der Waals surface area (Å²) in [4.78, 5) is 38.8. The summed E-state index contributed by atoms with van der Waals surface area (Å²) in [5, 5.41) is 0. The Hall–Kier alpha value is -3.15. The summed E-state index contributed by atoms with van der Waals surface area (Å²) < 4.78 is 10.5. The van der Waals surface area contributed by atoms with E-state index in [0.29, 0.717) is 24.5 Å². The molecule has 0 radical (unpaired) electrons. The second-order valence-corrected chi connectivity index (χ2v) is 8.18. The first-order valence-electron chi connectivity index (χ1n) is 10.5. The number of hydrogen-bond donors (Lipinski definition) is 0. The maximum Gasteiger partial charge on any atom is 0.306 e. The minimum absolute atomic E-state index is 0.0218. The fourth-order valence-electron chi connectivity index (χ4n) is 3.02. The van der Waals surface area contributed by atoms with Gasteiger partial charge in [0.2, 0.25) is 0 Å². The smallest absolute Gasteiger partial charge is 0.306 e. The number of benzene rings is 2. The summed E-state index contributed by atoms with van der Waals surface area (Å²) in [7, 11) is 0. The first-order valence-corrected chi connectivity index (χ1v) is 10.5. The van der Waals surface area contributed by atoms with E-state index in [-0.39, 0.29) is 31.1 Å². The Balaban J connectivity index is 1.84. The van der Waals surface area contributed by atoms with Crippen molar-refractivity contribution >= 4 is 17.7 Å². The van der Waals surface area contributed by atoms with Crippen LogP contribution in [0.1, 0.15) is 56.5 Å². The molecular weight excluding hydrogens is 394 g/mol. The average molecular weight is 426 g/mol. The maximum atomic E-state index is 12.7. The average Bonchev–Trinajstić information content (AvgIpc) is 2.75. The lowest BCUT2D eigenvalue weighted by atomic mass is 10.0. The van der Waals surface area contributed by atoms with Crippen molar-refractivity contribution in [3.63, 3.8) is 0 Å². The first kappa shape index (κ1) is 24.1. The number of ether oxygens (including phenoxy) is 2. The molecule has 2 rings (SSSR count). The summed E-state index contributed by atoms with van der Waals surface area (Å²) in [6, 6.07) is 16.4. The van der Waals surface area contributed by atoms with Gasteiger partial charge < -0.3 is 14.4 Å². The topological polar surface area (TPSA) is 72.9 Å². The molecule has 2 aromatic carbocycles. The molecule has 1 amide bonds. The highest BCUT2D eigenvalue weighted by molar-refractivity contribution is 5.97. The summed E-state index contributed by atoms with van der Waals surface area (Å²) >= 11 is 0. The van der Waals surface area contributed by atoms with Gasteiger partial charge in [0.25, 0.3) is 5.91 Å². The van der Waals surface area contributed by atoms with Crippen LogP contribution in [-0.4, -0.2) is 41.3 Å². The lowest BCUT2D eigenvalue weighted by molar-refractivity contribution is -0.154. The van der Waals surface area contributed by atoms with Crippen molar-refractivity contribution in [2.75, 3.05) is 13.2 Å². The summed E-state index contributed by atoms with van der Waals surface area (Å²) in [6.07, 6.45) is -0.0540. The summed E-state index contributed by atoms with van der Waals surface area (Å²) in [6.45, 7) is 8.33. The molecule has 166 valence electrons. The normalized spacial score (nSPS) is 11.0. The molecule has 0 heterocycles. The van der Waals surface area contributed by atoms with E-state index < -0.39 is 11.5 Å². The van der Waals surface area contributed by atoms with Crippen molar-refractivity contribution in [3.05, 3.63) is 65.7 Å². The third kappa shape index (κ3) is 7.89. The number of ketones is 1. The van der Waals surface area contributed by atoms with E-state index in [2.05, 4.69) is 0 Å². The lowest BCUT2D eigenvalue weighted by Crippen LogP contribution is -2.46. The molecule has 0 aromatic heterocycles. The van der Waals surface area contributed by atoms with Crippen LogP contribution in [0.3, 0.4) is 0 Å². The van der Waals surface area contributed by atoms with Gasteiger partial charge in [-0.05, 0) is 57.5 Å². The molecule has 0 aliphatic heterocycles. The van der Waals surface area contributed by atoms with Gasteiger partial charge in [0.05, 0.1) is 13.0 Å². The Morgan fingerprint density at radius 1 is 0.903 bits per heavy atom. The van der Waals surface area contributed by atoms with Gasteiger partial charge in [0.1, 0.15) is 5.75 Å². The molecule has 0 aliphatic rings. The molecule has 0 aliphatic carbocycles. The Labute approximate surface area is 184 Å². The Morgan fingerprint density at radius 3 is 2.13 bits per heavy atom. The van der Waals surface area contributed by atoms with E-state index in [1.54, 1.807) is 29.2 Å². The number of nitrogens with zero attached hydrogens (tertiary/aromatic N) is 1. The van der Waals surface area contributed by atoms with Crippen molar-refractivity contribution in [2.24, 2.45) is 0 Å². The molecule has 0 N–H and O–H groups in total. The van der Waals surface area contributed by atoms with Gasteiger partial charge in [-0.1, -0.05) is 30.3 Å². The van der Waals surface area contributed by atoms with E-state index in [1.807, 2.05) is 58.0 Å². The lowest BCUT2D eigenvalue weighted by Gasteiger charge is -2.35. The molecule has 0 bridgehead atoms. The molecule has 0 spiro atoms. The largest absolute Gasteiger partial charge is 0.494 e. The van der Waals surface area contributed by atoms with Gasteiger partial charge in [-0.2, -0.15) is 0 Å². The van der Waals surface area contributed by atoms with Crippen molar-refractivity contribution in [1.82, 2.24) is 4.90 Å². The van der Waals surface area contributed by atoms with Crippen molar-refractivity contribution in [2.45, 2.75) is 52.6 Å². The van der Waals surface area contributed by atoms with Gasteiger partial charge in [0.15, 0.2) is 12.4 Å². The highest BCUT2D eigenvalue weighted by Gasteiger charge is 2.27. The number of carbonyl (C=O) groups is 3. The van der Waals surface area contributed by atoms with Crippen LogP contribution in [0.4, 0.5) is 0 Å². The Morgan fingerprint density at radius 2 is 1.55 bits per heavy atom.